The molecule has 166 valence electrons. The standard InChI is InChI=1S/C20H17ClF2N6O3/c1-28(15-14(16(30)17(15)31)24-7-12-8-25-29(2)10-12)9-11-3-5-13(6-4-11)18-26-19(32-27-18)20(21,22)23/h3-6,8,10,24H,7,9H2,1-2H3. The fourth-order valence-electron chi connectivity index (χ4n) is 3.23. The summed E-state index contributed by atoms with van der Waals surface area (Å²) in [5, 5.41) is 6.84. The molecular formula is C20H17ClF2N6O3. The SMILES string of the molecule is CN(Cc1ccc(-c2noc(C(F)(F)Cl)n2)cc1)c1c(NCc2cnn(C)c2)c(=O)c1=O. The van der Waals surface area contributed by atoms with Crippen molar-refractivity contribution in [1.82, 2.24) is 19.9 Å². The van der Waals surface area contributed by atoms with Gasteiger partial charge in [0.1, 0.15) is 11.4 Å². The molecule has 0 unspecified atom stereocenters. The highest BCUT2D eigenvalue weighted by Crippen LogP contribution is 2.32. The maximum atomic E-state index is 13.0. The van der Waals surface area contributed by atoms with Crippen LogP contribution >= 0.6 is 11.6 Å². The molecule has 4 aromatic rings. The van der Waals surface area contributed by atoms with Crippen molar-refractivity contribution >= 4 is 23.0 Å². The van der Waals surface area contributed by atoms with Gasteiger partial charge >= 0.3 is 11.3 Å². The van der Waals surface area contributed by atoms with E-state index in [4.69, 9.17) is 11.6 Å². The second-order valence-electron chi connectivity index (χ2n) is 7.23. The third-order valence-corrected chi connectivity index (χ3v) is 4.96. The molecule has 0 saturated carbocycles. The normalized spacial score (nSPS) is 11.8. The van der Waals surface area contributed by atoms with Crippen molar-refractivity contribution in [2.45, 2.75) is 18.5 Å². The van der Waals surface area contributed by atoms with E-state index in [2.05, 4.69) is 25.1 Å². The Balaban J connectivity index is 1.45. The van der Waals surface area contributed by atoms with Gasteiger partial charge in [-0.25, -0.2) is 0 Å². The molecule has 0 spiro atoms. The number of rotatable bonds is 8. The van der Waals surface area contributed by atoms with Gasteiger partial charge in [-0.05, 0) is 17.2 Å². The minimum Gasteiger partial charge on any atom is -0.376 e. The Bertz CT molecular complexity index is 1320. The molecule has 4 rings (SSSR count). The Morgan fingerprint density at radius 1 is 1.19 bits per heavy atom. The lowest BCUT2D eigenvalue weighted by Gasteiger charge is -2.23. The molecule has 2 aromatic heterocycles. The summed E-state index contributed by atoms with van der Waals surface area (Å²) in [7, 11) is 3.49. The lowest BCUT2D eigenvalue weighted by molar-refractivity contribution is 0.0551. The molecule has 0 aliphatic heterocycles. The first-order valence-corrected chi connectivity index (χ1v) is 9.77. The largest absolute Gasteiger partial charge is 0.400 e. The van der Waals surface area contributed by atoms with E-state index in [1.165, 1.54) is 0 Å². The van der Waals surface area contributed by atoms with Crippen LogP contribution in [-0.2, 0) is 25.5 Å². The van der Waals surface area contributed by atoms with E-state index in [0.717, 1.165) is 11.1 Å². The average molecular weight is 463 g/mol. The lowest BCUT2D eigenvalue weighted by atomic mass is 10.1. The van der Waals surface area contributed by atoms with Gasteiger partial charge in [-0.3, -0.25) is 14.3 Å². The smallest absolute Gasteiger partial charge is 0.376 e. The van der Waals surface area contributed by atoms with Crippen LogP contribution in [-0.4, -0.2) is 27.0 Å². The van der Waals surface area contributed by atoms with E-state index in [9.17, 15) is 18.4 Å². The summed E-state index contributed by atoms with van der Waals surface area (Å²) >= 11 is 4.88. The molecular weight excluding hydrogens is 446 g/mol. The van der Waals surface area contributed by atoms with Crippen LogP contribution in [0.5, 0.6) is 0 Å². The highest BCUT2D eigenvalue weighted by molar-refractivity contribution is 6.21. The number of aromatic nitrogens is 4. The van der Waals surface area contributed by atoms with Crippen molar-refractivity contribution in [3.8, 4) is 11.4 Å². The molecule has 0 atom stereocenters. The van der Waals surface area contributed by atoms with Crippen LogP contribution < -0.4 is 21.1 Å². The Morgan fingerprint density at radius 3 is 2.50 bits per heavy atom. The van der Waals surface area contributed by atoms with E-state index in [0.29, 0.717) is 24.3 Å². The number of alkyl halides is 3. The second kappa shape index (κ2) is 8.15. The summed E-state index contributed by atoms with van der Waals surface area (Å²) in [5.74, 6) is -1.01. The fourth-order valence-corrected chi connectivity index (χ4v) is 3.31. The third kappa shape index (κ3) is 4.24. The minimum absolute atomic E-state index is 0.0235. The first-order valence-electron chi connectivity index (χ1n) is 9.39. The Hall–Kier alpha value is -3.60. The molecule has 32 heavy (non-hydrogen) atoms. The van der Waals surface area contributed by atoms with Crippen molar-refractivity contribution in [1.29, 1.82) is 0 Å². The molecule has 0 aliphatic carbocycles. The van der Waals surface area contributed by atoms with E-state index in [1.54, 1.807) is 54.1 Å². The van der Waals surface area contributed by atoms with Crippen molar-refractivity contribution in [2.75, 3.05) is 17.3 Å². The molecule has 2 aromatic carbocycles. The van der Waals surface area contributed by atoms with Crippen LogP contribution in [0.2, 0.25) is 0 Å². The molecule has 9 nitrogen and oxygen atoms in total. The number of nitrogens with one attached hydrogen (secondary N) is 1. The van der Waals surface area contributed by atoms with E-state index in [1.807, 2.05) is 6.20 Å². The van der Waals surface area contributed by atoms with E-state index >= 15 is 0 Å². The maximum absolute atomic E-state index is 13.0. The van der Waals surface area contributed by atoms with Crippen molar-refractivity contribution in [3.63, 3.8) is 0 Å². The number of benzene rings is 1. The van der Waals surface area contributed by atoms with Gasteiger partial charge in [0, 0.05) is 44.5 Å². The van der Waals surface area contributed by atoms with Crippen molar-refractivity contribution in [2.24, 2.45) is 7.05 Å². The van der Waals surface area contributed by atoms with Gasteiger partial charge < -0.3 is 14.7 Å². The minimum atomic E-state index is -3.74. The van der Waals surface area contributed by atoms with Gasteiger partial charge in [0.25, 0.3) is 10.9 Å². The Kier molecular flexibility index (Phi) is 5.51. The molecule has 0 radical (unpaired) electrons. The molecule has 0 amide bonds. The molecule has 2 heterocycles. The van der Waals surface area contributed by atoms with Crippen molar-refractivity contribution < 1.29 is 13.3 Å². The summed E-state index contributed by atoms with van der Waals surface area (Å²) < 4.78 is 32.2. The van der Waals surface area contributed by atoms with Crippen LogP contribution in [0.1, 0.15) is 17.0 Å². The number of halogens is 3. The Labute approximate surface area is 184 Å². The van der Waals surface area contributed by atoms with E-state index < -0.39 is 22.1 Å². The van der Waals surface area contributed by atoms with Gasteiger partial charge in [-0.2, -0.15) is 18.9 Å². The zero-order chi connectivity index (χ0) is 23.0. The van der Waals surface area contributed by atoms with Gasteiger partial charge in [-0.1, -0.05) is 29.4 Å². The predicted molar refractivity (Wildman–Crippen MR) is 113 cm³/mol. The Morgan fingerprint density at radius 2 is 1.91 bits per heavy atom. The summed E-state index contributed by atoms with van der Waals surface area (Å²) in [5.41, 5.74) is 1.60. The quantitative estimate of drug-likeness (QED) is 0.314. The number of anilines is 2. The second-order valence-corrected chi connectivity index (χ2v) is 7.71. The van der Waals surface area contributed by atoms with Gasteiger partial charge in [0.05, 0.1) is 6.20 Å². The summed E-state index contributed by atoms with van der Waals surface area (Å²) in [6.45, 7) is 0.701. The molecule has 0 bridgehead atoms. The topological polar surface area (TPSA) is 106 Å². The van der Waals surface area contributed by atoms with Gasteiger partial charge in [0.15, 0.2) is 0 Å². The fraction of sp³-hybridized carbons (Fsp3) is 0.250. The van der Waals surface area contributed by atoms with Crippen LogP contribution in [0.4, 0.5) is 20.2 Å². The molecule has 1 N–H and O–H groups in total. The molecule has 0 aliphatic rings. The van der Waals surface area contributed by atoms with Crippen molar-refractivity contribution in [3.05, 3.63) is 74.1 Å². The highest BCUT2D eigenvalue weighted by Gasteiger charge is 2.35. The first kappa shape index (κ1) is 21.6. The van der Waals surface area contributed by atoms with Gasteiger partial charge in [-0.15, -0.1) is 0 Å². The maximum Gasteiger partial charge on any atom is 0.400 e. The summed E-state index contributed by atoms with van der Waals surface area (Å²) in [6.07, 6.45) is 3.48. The zero-order valence-corrected chi connectivity index (χ0v) is 17.7. The monoisotopic (exact) mass is 462 g/mol. The van der Waals surface area contributed by atoms with Crippen LogP contribution in [0.15, 0.2) is 50.8 Å². The number of hydrogen-bond acceptors (Lipinski definition) is 8. The lowest BCUT2D eigenvalue weighted by Crippen LogP contribution is -2.41. The molecule has 12 heteroatoms. The van der Waals surface area contributed by atoms with E-state index in [-0.39, 0.29) is 11.5 Å². The number of hydrogen-bond donors (Lipinski definition) is 1. The zero-order valence-electron chi connectivity index (χ0n) is 17.0. The number of aryl methyl sites for hydroxylation is 1. The highest BCUT2D eigenvalue weighted by atomic mass is 35.5. The molecule has 0 saturated heterocycles. The summed E-state index contributed by atoms with van der Waals surface area (Å²) in [4.78, 5) is 29.4. The van der Waals surface area contributed by atoms with Crippen LogP contribution in [0, 0.1) is 0 Å². The van der Waals surface area contributed by atoms with Crippen LogP contribution in [0.3, 0.4) is 0 Å². The molecule has 0 fully saturated rings. The van der Waals surface area contributed by atoms with Gasteiger partial charge in [0.2, 0.25) is 5.82 Å². The van der Waals surface area contributed by atoms with Crippen LogP contribution in [0.25, 0.3) is 11.4 Å². The number of nitrogens with zero attached hydrogens (tertiary/aromatic N) is 5. The summed E-state index contributed by atoms with van der Waals surface area (Å²) in [6, 6.07) is 6.73. The first-order chi connectivity index (χ1) is 15.1. The predicted octanol–water partition coefficient (Wildman–Crippen LogP) is 2.60. The third-order valence-electron chi connectivity index (χ3n) is 4.79. The average Bonchev–Trinajstić information content (AvgIpc) is 3.40.